The Morgan fingerprint density at radius 2 is 1.81 bits per heavy atom. The first kappa shape index (κ1) is 13.8. The molecule has 114 valence electrons. The van der Waals surface area contributed by atoms with Gasteiger partial charge in [-0.15, -0.1) is 0 Å². The fourth-order valence-corrected chi connectivity index (χ4v) is 6.04. The standard InChI is InChI=1S/C20H28O/c1-19(2)10-9-16-15-5-4-13-12-14(21)8-11-20(13,3)18(15)7-6-17(16)19/h12,15,18H,4-11H2,1-3H3/t15-,18-,20-/m1/s1. The molecule has 1 nitrogen and oxygen atoms in total. The van der Waals surface area contributed by atoms with Gasteiger partial charge in [0.25, 0.3) is 0 Å². The van der Waals surface area contributed by atoms with Crippen LogP contribution >= 0.6 is 0 Å². The number of rotatable bonds is 0. The predicted octanol–water partition coefficient (Wildman–Crippen LogP) is 5.22. The Hall–Kier alpha value is -0.850. The molecular formula is C20H28O. The van der Waals surface area contributed by atoms with Crippen molar-refractivity contribution in [3.63, 3.8) is 0 Å². The van der Waals surface area contributed by atoms with Crippen molar-refractivity contribution in [1.29, 1.82) is 0 Å². The molecule has 0 amide bonds. The van der Waals surface area contributed by atoms with Gasteiger partial charge in [0.2, 0.25) is 0 Å². The summed E-state index contributed by atoms with van der Waals surface area (Å²) >= 11 is 0. The van der Waals surface area contributed by atoms with Crippen molar-refractivity contribution in [2.45, 2.75) is 72.1 Å². The number of hydrogen-bond acceptors (Lipinski definition) is 1. The van der Waals surface area contributed by atoms with Crippen LogP contribution in [0.2, 0.25) is 0 Å². The molecule has 1 heteroatoms. The van der Waals surface area contributed by atoms with Crippen molar-refractivity contribution in [1.82, 2.24) is 0 Å². The predicted molar refractivity (Wildman–Crippen MR) is 85.9 cm³/mol. The second-order valence-electron chi connectivity index (χ2n) is 8.73. The van der Waals surface area contributed by atoms with E-state index in [1.165, 1.54) is 44.1 Å². The van der Waals surface area contributed by atoms with Crippen LogP contribution in [0.5, 0.6) is 0 Å². The average Bonchev–Trinajstić information content (AvgIpc) is 2.76. The summed E-state index contributed by atoms with van der Waals surface area (Å²) in [5.41, 5.74) is 5.92. The van der Waals surface area contributed by atoms with Crippen molar-refractivity contribution < 1.29 is 4.79 Å². The fourth-order valence-electron chi connectivity index (χ4n) is 6.04. The molecular weight excluding hydrogens is 256 g/mol. The van der Waals surface area contributed by atoms with Gasteiger partial charge in [0.1, 0.15) is 0 Å². The van der Waals surface area contributed by atoms with Crippen LogP contribution in [-0.2, 0) is 4.79 Å². The minimum atomic E-state index is 0.322. The quantitative estimate of drug-likeness (QED) is 0.557. The third kappa shape index (κ3) is 1.85. The van der Waals surface area contributed by atoms with E-state index >= 15 is 0 Å². The topological polar surface area (TPSA) is 17.1 Å². The summed E-state index contributed by atoms with van der Waals surface area (Å²) in [4.78, 5) is 11.8. The lowest BCUT2D eigenvalue weighted by molar-refractivity contribution is -0.116. The Kier molecular flexibility index (Phi) is 2.85. The summed E-state index contributed by atoms with van der Waals surface area (Å²) in [5, 5.41) is 0. The van der Waals surface area contributed by atoms with E-state index in [1.54, 1.807) is 0 Å². The van der Waals surface area contributed by atoms with Gasteiger partial charge >= 0.3 is 0 Å². The van der Waals surface area contributed by atoms with E-state index in [-0.39, 0.29) is 0 Å². The summed E-state index contributed by atoms with van der Waals surface area (Å²) in [6.45, 7) is 7.36. The molecule has 3 atom stereocenters. The highest BCUT2D eigenvalue weighted by molar-refractivity contribution is 5.91. The van der Waals surface area contributed by atoms with Gasteiger partial charge in [0.15, 0.2) is 5.78 Å². The van der Waals surface area contributed by atoms with Crippen LogP contribution in [0.3, 0.4) is 0 Å². The third-order valence-corrected chi connectivity index (χ3v) is 7.37. The zero-order chi connectivity index (χ0) is 14.8. The summed E-state index contributed by atoms with van der Waals surface area (Å²) in [6, 6.07) is 0. The van der Waals surface area contributed by atoms with Gasteiger partial charge in [-0.05, 0) is 73.7 Å². The maximum absolute atomic E-state index is 11.8. The zero-order valence-electron chi connectivity index (χ0n) is 13.8. The Balaban J connectivity index is 1.73. The van der Waals surface area contributed by atoms with Gasteiger partial charge in [-0.1, -0.05) is 37.5 Å². The number of ketones is 1. The van der Waals surface area contributed by atoms with Crippen molar-refractivity contribution in [2.24, 2.45) is 22.7 Å². The molecule has 0 aromatic rings. The number of fused-ring (bicyclic) bond motifs is 4. The van der Waals surface area contributed by atoms with E-state index in [9.17, 15) is 4.79 Å². The van der Waals surface area contributed by atoms with Crippen molar-refractivity contribution >= 4 is 5.78 Å². The average molecular weight is 284 g/mol. The summed E-state index contributed by atoms with van der Waals surface area (Å²) in [6.07, 6.45) is 11.7. The lowest BCUT2D eigenvalue weighted by Gasteiger charge is -2.52. The number of allylic oxidation sites excluding steroid dienone is 4. The molecule has 0 bridgehead atoms. The molecule has 1 fully saturated rings. The Morgan fingerprint density at radius 1 is 1.00 bits per heavy atom. The normalized spacial score (nSPS) is 41.3. The lowest BCUT2D eigenvalue weighted by Crippen LogP contribution is -2.43. The van der Waals surface area contributed by atoms with Gasteiger partial charge in [-0.25, -0.2) is 0 Å². The van der Waals surface area contributed by atoms with Gasteiger partial charge in [0.05, 0.1) is 0 Å². The molecule has 0 saturated heterocycles. The van der Waals surface area contributed by atoms with Gasteiger partial charge in [-0.2, -0.15) is 0 Å². The van der Waals surface area contributed by atoms with Gasteiger partial charge in [-0.3, -0.25) is 4.79 Å². The molecule has 0 N–H and O–H groups in total. The third-order valence-electron chi connectivity index (χ3n) is 7.37. The fraction of sp³-hybridized carbons (Fsp3) is 0.750. The highest BCUT2D eigenvalue weighted by Gasteiger charge is 2.51. The van der Waals surface area contributed by atoms with Crippen LogP contribution in [0.25, 0.3) is 0 Å². The molecule has 0 aromatic carbocycles. The van der Waals surface area contributed by atoms with E-state index in [4.69, 9.17) is 0 Å². The van der Waals surface area contributed by atoms with Gasteiger partial charge in [0, 0.05) is 6.42 Å². The van der Waals surface area contributed by atoms with Crippen LogP contribution in [0.15, 0.2) is 22.8 Å². The summed E-state index contributed by atoms with van der Waals surface area (Å²) in [5.74, 6) is 2.00. The Labute approximate surface area is 128 Å². The van der Waals surface area contributed by atoms with Gasteiger partial charge < -0.3 is 0 Å². The minimum absolute atomic E-state index is 0.322. The van der Waals surface area contributed by atoms with E-state index in [0.717, 1.165) is 24.7 Å². The van der Waals surface area contributed by atoms with Crippen molar-refractivity contribution in [3.8, 4) is 0 Å². The zero-order valence-corrected chi connectivity index (χ0v) is 13.8. The highest BCUT2D eigenvalue weighted by atomic mass is 16.1. The molecule has 0 aliphatic heterocycles. The molecule has 0 heterocycles. The SMILES string of the molecule is CC1(C)CCC2=C1CC[C@@H]1[C@@H]2CCC2=CC(=O)CC[C@]21C. The molecule has 4 rings (SSSR count). The van der Waals surface area contributed by atoms with Crippen molar-refractivity contribution in [3.05, 3.63) is 22.8 Å². The monoisotopic (exact) mass is 284 g/mol. The smallest absolute Gasteiger partial charge is 0.155 e. The number of carbonyl (C=O) groups is 1. The molecule has 4 aliphatic carbocycles. The number of hydrogen-bond donors (Lipinski definition) is 0. The Morgan fingerprint density at radius 3 is 2.62 bits per heavy atom. The molecule has 0 spiro atoms. The first-order chi connectivity index (χ1) is 9.92. The minimum Gasteiger partial charge on any atom is -0.295 e. The molecule has 4 aliphatic rings. The maximum Gasteiger partial charge on any atom is 0.155 e. The summed E-state index contributed by atoms with van der Waals surface area (Å²) < 4.78 is 0. The van der Waals surface area contributed by atoms with E-state index < -0.39 is 0 Å². The molecule has 0 aromatic heterocycles. The largest absolute Gasteiger partial charge is 0.295 e. The second-order valence-corrected chi connectivity index (χ2v) is 8.73. The summed E-state index contributed by atoms with van der Waals surface area (Å²) in [7, 11) is 0. The first-order valence-electron chi connectivity index (χ1n) is 8.88. The first-order valence-corrected chi connectivity index (χ1v) is 8.88. The molecule has 0 radical (unpaired) electrons. The maximum atomic E-state index is 11.8. The van der Waals surface area contributed by atoms with Crippen LogP contribution in [0.1, 0.15) is 72.1 Å². The van der Waals surface area contributed by atoms with Crippen LogP contribution in [0, 0.1) is 22.7 Å². The molecule has 0 unspecified atom stereocenters. The molecule has 1 saturated carbocycles. The van der Waals surface area contributed by atoms with Crippen molar-refractivity contribution in [2.75, 3.05) is 0 Å². The van der Waals surface area contributed by atoms with Crippen LogP contribution in [-0.4, -0.2) is 5.78 Å². The van der Waals surface area contributed by atoms with E-state index in [0.29, 0.717) is 16.6 Å². The van der Waals surface area contributed by atoms with Crippen LogP contribution < -0.4 is 0 Å². The second kappa shape index (κ2) is 4.33. The highest BCUT2D eigenvalue weighted by Crippen LogP contribution is 2.62. The van der Waals surface area contributed by atoms with Crippen LogP contribution in [0.4, 0.5) is 0 Å². The Bertz CT molecular complexity index is 562. The van der Waals surface area contributed by atoms with E-state index in [2.05, 4.69) is 20.8 Å². The lowest BCUT2D eigenvalue weighted by atomic mass is 9.52. The molecule has 21 heavy (non-hydrogen) atoms. The number of carbonyl (C=O) groups excluding carboxylic acids is 1. The van der Waals surface area contributed by atoms with E-state index in [1.807, 2.05) is 17.2 Å².